The van der Waals surface area contributed by atoms with Crippen LogP contribution in [0.25, 0.3) is 0 Å². The molecule has 0 saturated carbocycles. The first-order valence-electron chi connectivity index (χ1n) is 6.00. The Balaban J connectivity index is 2.21. The van der Waals surface area contributed by atoms with Crippen molar-refractivity contribution in [2.24, 2.45) is 0 Å². The van der Waals surface area contributed by atoms with Gasteiger partial charge in [0.25, 0.3) is 0 Å². The summed E-state index contributed by atoms with van der Waals surface area (Å²) in [5, 5.41) is 4.72. The van der Waals surface area contributed by atoms with Crippen molar-refractivity contribution in [1.29, 1.82) is 0 Å². The second-order valence-electron chi connectivity index (χ2n) is 4.25. The van der Waals surface area contributed by atoms with Crippen molar-refractivity contribution >= 4 is 35.0 Å². The van der Waals surface area contributed by atoms with Gasteiger partial charge in [-0.05, 0) is 49.9 Å². The molecule has 1 N–H and O–H groups in total. The number of halogens is 2. The van der Waals surface area contributed by atoms with E-state index in [2.05, 4.69) is 24.4 Å². The van der Waals surface area contributed by atoms with Crippen LogP contribution in [0.15, 0.2) is 52.3 Å². The van der Waals surface area contributed by atoms with Gasteiger partial charge in [-0.2, -0.15) is 0 Å². The summed E-state index contributed by atoms with van der Waals surface area (Å²) in [4.78, 5) is 2.22. The number of rotatable bonds is 4. The predicted molar refractivity (Wildman–Crippen MR) is 84.5 cm³/mol. The fourth-order valence-corrected chi connectivity index (χ4v) is 3.33. The summed E-state index contributed by atoms with van der Waals surface area (Å²) < 4.78 is 0. The zero-order valence-electron chi connectivity index (χ0n) is 10.8. The molecule has 4 heteroatoms. The minimum atomic E-state index is 0.248. The van der Waals surface area contributed by atoms with Gasteiger partial charge in [-0.15, -0.1) is 0 Å². The molecule has 2 aromatic carbocycles. The summed E-state index contributed by atoms with van der Waals surface area (Å²) in [5.41, 5.74) is 1.11. The van der Waals surface area contributed by atoms with Crippen LogP contribution in [0.5, 0.6) is 0 Å². The van der Waals surface area contributed by atoms with Crippen LogP contribution in [0.2, 0.25) is 10.0 Å². The summed E-state index contributed by atoms with van der Waals surface area (Å²) in [7, 11) is 1.93. The van der Waals surface area contributed by atoms with Crippen molar-refractivity contribution in [3.63, 3.8) is 0 Å². The molecular formula is C15H15Cl2NS. The highest BCUT2D eigenvalue weighted by atomic mass is 35.5. The molecule has 0 heterocycles. The van der Waals surface area contributed by atoms with Crippen LogP contribution in [0.3, 0.4) is 0 Å². The summed E-state index contributed by atoms with van der Waals surface area (Å²) in [6.45, 7) is 2.09. The molecule has 2 aromatic rings. The minimum absolute atomic E-state index is 0.248. The van der Waals surface area contributed by atoms with Gasteiger partial charge < -0.3 is 5.32 Å². The van der Waals surface area contributed by atoms with Crippen molar-refractivity contribution < 1.29 is 0 Å². The van der Waals surface area contributed by atoms with Gasteiger partial charge in [0.15, 0.2) is 0 Å². The molecule has 0 aromatic heterocycles. The van der Waals surface area contributed by atoms with Gasteiger partial charge in [0.2, 0.25) is 0 Å². The normalized spacial score (nSPS) is 12.4. The molecule has 1 atom stereocenters. The van der Waals surface area contributed by atoms with E-state index in [1.165, 1.54) is 0 Å². The molecule has 0 amide bonds. The first kappa shape index (κ1) is 14.7. The van der Waals surface area contributed by atoms with E-state index in [0.717, 1.165) is 25.4 Å². The van der Waals surface area contributed by atoms with Gasteiger partial charge in [0.1, 0.15) is 0 Å². The van der Waals surface area contributed by atoms with Gasteiger partial charge in [0.05, 0.1) is 0 Å². The van der Waals surface area contributed by atoms with Crippen molar-refractivity contribution in [2.45, 2.75) is 22.8 Å². The second-order valence-corrected chi connectivity index (χ2v) is 6.24. The standard InChI is InChI=1S/C15H15Cl2NS/c1-10(18-2)14-7-6-13(9-15(14)17)19-12-5-3-4-11(16)8-12/h3-10,18H,1-2H3. The average molecular weight is 312 g/mol. The van der Waals surface area contributed by atoms with Crippen LogP contribution in [0.4, 0.5) is 0 Å². The Labute approximate surface area is 128 Å². The van der Waals surface area contributed by atoms with Crippen LogP contribution in [-0.4, -0.2) is 7.05 Å². The van der Waals surface area contributed by atoms with Crippen molar-refractivity contribution in [1.82, 2.24) is 5.32 Å². The maximum Gasteiger partial charge on any atom is 0.0464 e. The molecule has 1 nitrogen and oxygen atoms in total. The third-order valence-corrected chi connectivity index (χ3v) is 4.44. The van der Waals surface area contributed by atoms with E-state index in [9.17, 15) is 0 Å². The lowest BCUT2D eigenvalue weighted by molar-refractivity contribution is 0.652. The molecule has 19 heavy (non-hydrogen) atoms. The molecule has 0 saturated heterocycles. The fourth-order valence-electron chi connectivity index (χ4n) is 1.74. The monoisotopic (exact) mass is 311 g/mol. The van der Waals surface area contributed by atoms with Gasteiger partial charge in [0, 0.05) is 25.9 Å². The Morgan fingerprint density at radius 3 is 2.42 bits per heavy atom. The number of hydrogen-bond donors (Lipinski definition) is 1. The van der Waals surface area contributed by atoms with Crippen LogP contribution >= 0.6 is 35.0 Å². The smallest absolute Gasteiger partial charge is 0.0464 e. The lowest BCUT2D eigenvalue weighted by Gasteiger charge is -2.13. The van der Waals surface area contributed by atoms with Crippen LogP contribution in [-0.2, 0) is 0 Å². The Morgan fingerprint density at radius 2 is 1.79 bits per heavy atom. The van der Waals surface area contributed by atoms with Gasteiger partial charge in [-0.25, -0.2) is 0 Å². The highest BCUT2D eigenvalue weighted by molar-refractivity contribution is 7.99. The largest absolute Gasteiger partial charge is 0.313 e. The summed E-state index contributed by atoms with van der Waals surface area (Å²) in [6.07, 6.45) is 0. The Morgan fingerprint density at radius 1 is 1.05 bits per heavy atom. The zero-order chi connectivity index (χ0) is 13.8. The number of benzene rings is 2. The zero-order valence-corrected chi connectivity index (χ0v) is 13.1. The Bertz CT molecular complexity index is 572. The first-order valence-corrected chi connectivity index (χ1v) is 7.57. The van der Waals surface area contributed by atoms with Crippen molar-refractivity contribution in [3.8, 4) is 0 Å². The van der Waals surface area contributed by atoms with E-state index >= 15 is 0 Å². The molecule has 0 fully saturated rings. The SMILES string of the molecule is CNC(C)c1ccc(Sc2cccc(Cl)c2)cc1Cl. The van der Waals surface area contributed by atoms with Crippen LogP contribution < -0.4 is 5.32 Å². The second kappa shape index (κ2) is 6.67. The molecule has 0 aliphatic rings. The average Bonchev–Trinajstić information content (AvgIpc) is 2.38. The molecule has 0 spiro atoms. The van der Waals surface area contributed by atoms with E-state index in [1.807, 2.05) is 37.4 Å². The molecule has 2 rings (SSSR count). The third kappa shape index (κ3) is 3.90. The maximum absolute atomic E-state index is 6.32. The van der Waals surface area contributed by atoms with Gasteiger partial charge >= 0.3 is 0 Å². The summed E-state index contributed by atoms with van der Waals surface area (Å²) in [5.74, 6) is 0. The van der Waals surface area contributed by atoms with Gasteiger partial charge in [-0.1, -0.05) is 47.1 Å². The van der Waals surface area contributed by atoms with E-state index in [0.29, 0.717) is 0 Å². The van der Waals surface area contributed by atoms with Crippen molar-refractivity contribution in [2.75, 3.05) is 7.05 Å². The topological polar surface area (TPSA) is 12.0 Å². The van der Waals surface area contributed by atoms with Crippen molar-refractivity contribution in [3.05, 3.63) is 58.1 Å². The molecule has 100 valence electrons. The van der Waals surface area contributed by atoms with Crippen LogP contribution in [0.1, 0.15) is 18.5 Å². The van der Waals surface area contributed by atoms with E-state index in [4.69, 9.17) is 23.2 Å². The Kier molecular flexibility index (Phi) is 5.17. The molecule has 0 radical (unpaired) electrons. The van der Waals surface area contributed by atoms with E-state index in [1.54, 1.807) is 11.8 Å². The molecule has 0 aliphatic carbocycles. The predicted octanol–water partition coefficient (Wildman–Crippen LogP) is 5.43. The highest BCUT2D eigenvalue weighted by Crippen LogP contribution is 2.33. The highest BCUT2D eigenvalue weighted by Gasteiger charge is 2.08. The molecule has 1 unspecified atom stereocenters. The fraction of sp³-hybridized carbons (Fsp3) is 0.200. The van der Waals surface area contributed by atoms with E-state index < -0.39 is 0 Å². The first-order chi connectivity index (χ1) is 9.10. The number of nitrogens with one attached hydrogen (secondary N) is 1. The Hall–Kier alpha value is -0.670. The third-order valence-electron chi connectivity index (χ3n) is 2.90. The molecule has 0 aliphatic heterocycles. The number of hydrogen-bond acceptors (Lipinski definition) is 2. The summed E-state index contributed by atoms with van der Waals surface area (Å²) in [6, 6.07) is 14.2. The quantitative estimate of drug-likeness (QED) is 0.808. The maximum atomic E-state index is 6.32. The van der Waals surface area contributed by atoms with E-state index in [-0.39, 0.29) is 6.04 Å². The summed E-state index contributed by atoms with van der Waals surface area (Å²) >= 11 is 14.0. The molecule has 0 bridgehead atoms. The molecular weight excluding hydrogens is 297 g/mol. The van der Waals surface area contributed by atoms with Crippen LogP contribution in [0, 0.1) is 0 Å². The lowest BCUT2D eigenvalue weighted by atomic mass is 10.1. The minimum Gasteiger partial charge on any atom is -0.313 e. The lowest BCUT2D eigenvalue weighted by Crippen LogP contribution is -2.12. The van der Waals surface area contributed by atoms with Gasteiger partial charge in [-0.3, -0.25) is 0 Å².